The van der Waals surface area contributed by atoms with Crippen LogP contribution in [0.15, 0.2) is 65.1 Å². The molecule has 0 spiro atoms. The molecule has 2 heterocycles. The number of hydrogen-bond donors (Lipinski definition) is 0. The SMILES string of the molecule is COc1cccc(-c2ccc(-n3ccsc3=NC(=O)N3CCCC3)cc2)c1. The first-order valence-corrected chi connectivity index (χ1v) is 9.87. The maximum Gasteiger partial charge on any atom is 0.346 e. The predicted molar refractivity (Wildman–Crippen MR) is 107 cm³/mol. The second kappa shape index (κ2) is 7.80. The molecular weight excluding hydrogens is 358 g/mol. The number of hydrogen-bond acceptors (Lipinski definition) is 3. The van der Waals surface area contributed by atoms with Gasteiger partial charge in [0.05, 0.1) is 7.11 Å². The van der Waals surface area contributed by atoms with Gasteiger partial charge in [-0.1, -0.05) is 24.3 Å². The van der Waals surface area contributed by atoms with Gasteiger partial charge in [0, 0.05) is 30.4 Å². The Morgan fingerprint density at radius 2 is 1.85 bits per heavy atom. The number of amides is 2. The molecule has 3 aromatic rings. The summed E-state index contributed by atoms with van der Waals surface area (Å²) in [5, 5.41) is 1.95. The van der Waals surface area contributed by atoms with Crippen molar-refractivity contribution in [2.45, 2.75) is 12.8 Å². The van der Waals surface area contributed by atoms with E-state index in [1.54, 1.807) is 7.11 Å². The molecule has 0 radical (unpaired) electrons. The Kier molecular flexibility index (Phi) is 5.07. The molecule has 2 amide bonds. The van der Waals surface area contributed by atoms with Crippen molar-refractivity contribution in [3.8, 4) is 22.6 Å². The smallest absolute Gasteiger partial charge is 0.346 e. The third-order valence-corrected chi connectivity index (χ3v) is 5.46. The van der Waals surface area contributed by atoms with Crippen molar-refractivity contribution < 1.29 is 9.53 Å². The number of thiazole rings is 1. The van der Waals surface area contributed by atoms with Gasteiger partial charge in [-0.05, 0) is 48.2 Å². The van der Waals surface area contributed by atoms with Gasteiger partial charge in [-0.3, -0.25) is 4.57 Å². The Bertz CT molecular complexity index is 999. The zero-order valence-corrected chi connectivity index (χ0v) is 16.0. The lowest BCUT2D eigenvalue weighted by Crippen LogP contribution is -2.27. The van der Waals surface area contributed by atoms with Crippen LogP contribution in [0.25, 0.3) is 16.8 Å². The summed E-state index contributed by atoms with van der Waals surface area (Å²) in [7, 11) is 1.67. The number of carbonyl (C=O) groups excluding carboxylic acids is 1. The summed E-state index contributed by atoms with van der Waals surface area (Å²) in [4.78, 5) is 19.2. The number of likely N-dealkylation sites (tertiary alicyclic amines) is 1. The molecule has 0 N–H and O–H groups in total. The van der Waals surface area contributed by atoms with E-state index in [1.807, 2.05) is 51.4 Å². The maximum absolute atomic E-state index is 12.3. The molecule has 27 heavy (non-hydrogen) atoms. The van der Waals surface area contributed by atoms with Gasteiger partial charge >= 0.3 is 6.03 Å². The van der Waals surface area contributed by atoms with Gasteiger partial charge in [0.2, 0.25) is 0 Å². The van der Waals surface area contributed by atoms with Crippen LogP contribution in [0.1, 0.15) is 12.8 Å². The number of urea groups is 1. The van der Waals surface area contributed by atoms with Crippen molar-refractivity contribution in [2.75, 3.05) is 20.2 Å². The van der Waals surface area contributed by atoms with Crippen LogP contribution >= 0.6 is 11.3 Å². The van der Waals surface area contributed by atoms with Crippen molar-refractivity contribution in [2.24, 2.45) is 4.99 Å². The monoisotopic (exact) mass is 379 g/mol. The highest BCUT2D eigenvalue weighted by atomic mass is 32.1. The van der Waals surface area contributed by atoms with Crippen molar-refractivity contribution in [1.82, 2.24) is 9.47 Å². The minimum Gasteiger partial charge on any atom is -0.497 e. The summed E-state index contributed by atoms with van der Waals surface area (Å²) >= 11 is 1.47. The van der Waals surface area contributed by atoms with Crippen LogP contribution in [-0.4, -0.2) is 35.7 Å². The molecule has 1 aliphatic rings. The van der Waals surface area contributed by atoms with Gasteiger partial charge < -0.3 is 9.64 Å². The molecule has 0 unspecified atom stereocenters. The van der Waals surface area contributed by atoms with E-state index in [4.69, 9.17) is 4.74 Å². The number of ether oxygens (including phenoxy) is 1. The van der Waals surface area contributed by atoms with Crippen molar-refractivity contribution >= 4 is 17.4 Å². The maximum atomic E-state index is 12.3. The van der Waals surface area contributed by atoms with Crippen molar-refractivity contribution in [3.05, 3.63) is 64.9 Å². The standard InChI is InChI=1S/C21H21N3O2S/c1-26-19-6-4-5-17(15-19)16-7-9-18(10-8-16)24-13-14-27-21(24)22-20(25)23-11-2-3-12-23/h4-10,13-15H,2-3,11-12H2,1H3. The average Bonchev–Trinajstić information content (AvgIpc) is 3.40. The predicted octanol–water partition coefficient (Wildman–Crippen LogP) is 4.33. The number of benzene rings is 2. The van der Waals surface area contributed by atoms with E-state index in [1.165, 1.54) is 11.3 Å². The van der Waals surface area contributed by atoms with Crippen LogP contribution in [0.4, 0.5) is 4.79 Å². The molecule has 2 aromatic carbocycles. The second-order valence-corrected chi connectivity index (χ2v) is 7.30. The molecule has 1 fully saturated rings. The fourth-order valence-corrected chi connectivity index (χ4v) is 3.94. The highest BCUT2D eigenvalue weighted by Gasteiger charge is 2.17. The van der Waals surface area contributed by atoms with Gasteiger partial charge in [-0.15, -0.1) is 11.3 Å². The Morgan fingerprint density at radius 3 is 2.59 bits per heavy atom. The summed E-state index contributed by atoms with van der Waals surface area (Å²) in [6.07, 6.45) is 4.08. The Morgan fingerprint density at radius 1 is 1.07 bits per heavy atom. The average molecular weight is 379 g/mol. The molecular formula is C21H21N3O2S. The zero-order chi connectivity index (χ0) is 18.6. The third kappa shape index (κ3) is 3.80. The molecule has 5 nitrogen and oxygen atoms in total. The van der Waals surface area contributed by atoms with Crippen LogP contribution in [0.2, 0.25) is 0 Å². The second-order valence-electron chi connectivity index (χ2n) is 6.42. The molecule has 0 aliphatic carbocycles. The number of rotatable bonds is 3. The first kappa shape index (κ1) is 17.5. The van der Waals surface area contributed by atoms with E-state index in [0.717, 1.165) is 48.5 Å². The van der Waals surface area contributed by atoms with Crippen LogP contribution in [0.5, 0.6) is 5.75 Å². The van der Waals surface area contributed by atoms with Gasteiger partial charge in [-0.25, -0.2) is 4.79 Å². The molecule has 1 aliphatic heterocycles. The van der Waals surface area contributed by atoms with Gasteiger partial charge in [-0.2, -0.15) is 4.99 Å². The fraction of sp³-hybridized carbons (Fsp3) is 0.238. The number of carbonyl (C=O) groups is 1. The topological polar surface area (TPSA) is 46.8 Å². The Balaban J connectivity index is 1.61. The zero-order valence-electron chi connectivity index (χ0n) is 15.2. The highest BCUT2D eigenvalue weighted by molar-refractivity contribution is 7.07. The van der Waals surface area contributed by atoms with Crippen molar-refractivity contribution in [3.63, 3.8) is 0 Å². The summed E-state index contributed by atoms with van der Waals surface area (Å²) in [5.41, 5.74) is 3.20. The highest BCUT2D eigenvalue weighted by Crippen LogP contribution is 2.24. The summed E-state index contributed by atoms with van der Waals surface area (Å²) in [6.45, 7) is 1.62. The molecule has 0 saturated carbocycles. The van der Waals surface area contributed by atoms with Crippen LogP contribution in [0, 0.1) is 0 Å². The first-order chi connectivity index (χ1) is 13.2. The lowest BCUT2D eigenvalue weighted by atomic mass is 10.1. The lowest BCUT2D eigenvalue weighted by molar-refractivity contribution is 0.218. The molecule has 1 aromatic heterocycles. The van der Waals surface area contributed by atoms with Gasteiger partial charge in [0.1, 0.15) is 5.75 Å². The summed E-state index contributed by atoms with van der Waals surface area (Å²) in [6, 6.07) is 16.1. The summed E-state index contributed by atoms with van der Waals surface area (Å²) in [5.74, 6) is 0.838. The number of methoxy groups -OCH3 is 1. The summed E-state index contributed by atoms with van der Waals surface area (Å²) < 4.78 is 7.26. The van der Waals surface area contributed by atoms with Crippen LogP contribution < -0.4 is 9.54 Å². The molecule has 0 atom stereocenters. The largest absolute Gasteiger partial charge is 0.497 e. The van der Waals surface area contributed by atoms with E-state index in [9.17, 15) is 4.79 Å². The molecule has 0 bridgehead atoms. The molecule has 138 valence electrons. The minimum atomic E-state index is -0.142. The quantitative estimate of drug-likeness (QED) is 0.680. The molecule has 1 saturated heterocycles. The van der Waals surface area contributed by atoms with Crippen LogP contribution in [-0.2, 0) is 0 Å². The van der Waals surface area contributed by atoms with E-state index in [-0.39, 0.29) is 6.03 Å². The Hall–Kier alpha value is -2.86. The number of aromatic nitrogens is 1. The third-order valence-electron chi connectivity index (χ3n) is 4.71. The fourth-order valence-electron chi connectivity index (χ4n) is 3.23. The van der Waals surface area contributed by atoms with Crippen LogP contribution in [0.3, 0.4) is 0 Å². The molecule has 6 heteroatoms. The van der Waals surface area contributed by atoms with E-state index in [2.05, 4.69) is 23.2 Å². The van der Waals surface area contributed by atoms with Crippen molar-refractivity contribution in [1.29, 1.82) is 0 Å². The minimum absolute atomic E-state index is 0.142. The van der Waals surface area contributed by atoms with Gasteiger partial charge in [0.25, 0.3) is 0 Å². The van der Waals surface area contributed by atoms with Gasteiger partial charge in [0.15, 0.2) is 4.80 Å². The van der Waals surface area contributed by atoms with E-state index < -0.39 is 0 Å². The normalized spacial score (nSPS) is 14.6. The molecule has 4 rings (SSSR count). The first-order valence-electron chi connectivity index (χ1n) is 8.99. The Labute approximate surface area is 162 Å². The number of nitrogens with zero attached hydrogens (tertiary/aromatic N) is 3. The van der Waals surface area contributed by atoms with E-state index in [0.29, 0.717) is 4.80 Å². The van der Waals surface area contributed by atoms with E-state index >= 15 is 0 Å². The lowest BCUT2D eigenvalue weighted by Gasteiger charge is -2.11.